The molecular formula is C12H14ClN3O3. The van der Waals surface area contributed by atoms with Crippen molar-refractivity contribution < 1.29 is 9.66 Å². The van der Waals surface area contributed by atoms with E-state index in [9.17, 15) is 10.1 Å². The van der Waals surface area contributed by atoms with Crippen LogP contribution in [0, 0.1) is 16.0 Å². The third-order valence-electron chi connectivity index (χ3n) is 3.58. The molecule has 1 aliphatic heterocycles. The smallest absolute Gasteiger partial charge is 0.289 e. The number of nitro groups is 1. The summed E-state index contributed by atoms with van der Waals surface area (Å²) in [6.07, 6.45) is 4.77. The summed E-state index contributed by atoms with van der Waals surface area (Å²) in [5.41, 5.74) is -0.100. The van der Waals surface area contributed by atoms with Gasteiger partial charge in [-0.3, -0.25) is 10.1 Å². The third kappa shape index (κ3) is 2.64. The van der Waals surface area contributed by atoms with Crippen molar-refractivity contribution in [2.45, 2.75) is 31.4 Å². The highest BCUT2D eigenvalue weighted by Gasteiger charge is 2.40. The van der Waals surface area contributed by atoms with Gasteiger partial charge in [-0.2, -0.15) is 0 Å². The van der Waals surface area contributed by atoms with Gasteiger partial charge in [-0.15, -0.1) is 0 Å². The molecule has 0 bridgehead atoms. The van der Waals surface area contributed by atoms with E-state index in [2.05, 4.69) is 10.3 Å². The molecule has 6 nitrogen and oxygen atoms in total. The van der Waals surface area contributed by atoms with Crippen LogP contribution in [0.1, 0.15) is 19.3 Å². The molecule has 0 radical (unpaired) electrons. The van der Waals surface area contributed by atoms with Crippen LogP contribution in [0.4, 0.5) is 11.5 Å². The van der Waals surface area contributed by atoms with Gasteiger partial charge in [0.25, 0.3) is 5.69 Å². The maximum atomic E-state index is 10.6. The summed E-state index contributed by atoms with van der Waals surface area (Å²) in [5.74, 6) is 1.13. The first-order valence-corrected chi connectivity index (χ1v) is 6.71. The Hall–Kier alpha value is -1.40. The molecular weight excluding hydrogens is 270 g/mol. The van der Waals surface area contributed by atoms with E-state index in [1.165, 1.54) is 25.1 Å². The molecule has 1 aromatic rings. The second kappa shape index (κ2) is 4.94. The SMILES string of the molecule is O=[N+]([O-])c1cnc(NC2CCOC2C2CC2)c(Cl)c1. The minimum absolute atomic E-state index is 0.100. The molecule has 1 saturated carbocycles. The third-order valence-corrected chi connectivity index (χ3v) is 3.87. The van der Waals surface area contributed by atoms with Gasteiger partial charge < -0.3 is 10.1 Å². The number of anilines is 1. The van der Waals surface area contributed by atoms with E-state index in [1.807, 2.05) is 0 Å². The first kappa shape index (κ1) is 12.6. The highest BCUT2D eigenvalue weighted by atomic mass is 35.5. The molecule has 0 spiro atoms. The van der Waals surface area contributed by atoms with E-state index in [-0.39, 0.29) is 22.9 Å². The Morgan fingerprint density at radius 1 is 1.47 bits per heavy atom. The standard InChI is InChI=1S/C12H14ClN3O3/c13-9-5-8(16(17)18)6-14-12(9)15-10-3-4-19-11(10)7-1-2-7/h5-7,10-11H,1-4H2,(H,14,15). The Labute approximate surface area is 115 Å². The summed E-state index contributed by atoms with van der Waals surface area (Å²) in [5, 5.41) is 14.2. The first-order valence-electron chi connectivity index (χ1n) is 6.33. The number of halogens is 1. The molecule has 102 valence electrons. The minimum atomic E-state index is -0.506. The number of pyridine rings is 1. The molecule has 1 saturated heterocycles. The van der Waals surface area contributed by atoms with Crippen LogP contribution in [-0.2, 0) is 4.74 Å². The number of nitrogens with zero attached hydrogens (tertiary/aromatic N) is 2. The van der Waals surface area contributed by atoms with Crippen molar-refractivity contribution in [3.63, 3.8) is 0 Å². The highest BCUT2D eigenvalue weighted by Crippen LogP contribution is 2.40. The van der Waals surface area contributed by atoms with Crippen molar-refractivity contribution in [2.75, 3.05) is 11.9 Å². The lowest BCUT2D eigenvalue weighted by Gasteiger charge is -2.20. The Balaban J connectivity index is 1.73. The molecule has 1 N–H and O–H groups in total. The van der Waals surface area contributed by atoms with Crippen LogP contribution < -0.4 is 5.32 Å². The van der Waals surface area contributed by atoms with Gasteiger partial charge in [-0.05, 0) is 25.2 Å². The van der Waals surface area contributed by atoms with Crippen molar-refractivity contribution in [1.82, 2.24) is 4.98 Å². The van der Waals surface area contributed by atoms with Crippen LogP contribution in [0.3, 0.4) is 0 Å². The normalized spacial score (nSPS) is 26.4. The van der Waals surface area contributed by atoms with Crippen LogP contribution in [0.25, 0.3) is 0 Å². The number of rotatable bonds is 4. The zero-order valence-corrected chi connectivity index (χ0v) is 11.0. The molecule has 2 aliphatic rings. The van der Waals surface area contributed by atoms with E-state index in [0.717, 1.165) is 13.0 Å². The Bertz CT molecular complexity index is 507. The summed E-state index contributed by atoms with van der Waals surface area (Å²) in [4.78, 5) is 14.2. The summed E-state index contributed by atoms with van der Waals surface area (Å²) >= 11 is 6.02. The lowest BCUT2D eigenvalue weighted by molar-refractivity contribution is -0.385. The fourth-order valence-electron chi connectivity index (χ4n) is 2.46. The predicted molar refractivity (Wildman–Crippen MR) is 70.4 cm³/mol. The molecule has 2 heterocycles. The van der Waals surface area contributed by atoms with Crippen LogP contribution in [0.15, 0.2) is 12.3 Å². The minimum Gasteiger partial charge on any atom is -0.376 e. The molecule has 0 aromatic carbocycles. The van der Waals surface area contributed by atoms with Gasteiger partial charge in [-0.25, -0.2) is 4.98 Å². The number of nitrogens with one attached hydrogen (secondary N) is 1. The Morgan fingerprint density at radius 2 is 2.26 bits per heavy atom. The molecule has 2 fully saturated rings. The van der Waals surface area contributed by atoms with Crippen LogP contribution in [0.2, 0.25) is 5.02 Å². The fraction of sp³-hybridized carbons (Fsp3) is 0.583. The molecule has 2 atom stereocenters. The molecule has 2 unspecified atom stereocenters. The van der Waals surface area contributed by atoms with E-state index < -0.39 is 4.92 Å². The molecule has 7 heteroatoms. The lowest BCUT2D eigenvalue weighted by atomic mass is 10.1. The van der Waals surface area contributed by atoms with Crippen LogP contribution in [0.5, 0.6) is 0 Å². The lowest BCUT2D eigenvalue weighted by Crippen LogP contribution is -2.31. The Morgan fingerprint density at radius 3 is 2.89 bits per heavy atom. The maximum Gasteiger partial charge on any atom is 0.289 e. The van der Waals surface area contributed by atoms with Gasteiger partial charge in [0.1, 0.15) is 12.0 Å². The first-order chi connectivity index (χ1) is 9.15. The number of hydrogen-bond donors (Lipinski definition) is 1. The van der Waals surface area contributed by atoms with Gasteiger partial charge in [0.2, 0.25) is 0 Å². The van der Waals surface area contributed by atoms with Gasteiger partial charge in [0.05, 0.1) is 22.1 Å². The molecule has 1 aromatic heterocycles. The summed E-state index contributed by atoms with van der Waals surface area (Å²) in [7, 11) is 0. The van der Waals surface area contributed by atoms with Crippen molar-refractivity contribution in [1.29, 1.82) is 0 Å². The van der Waals surface area contributed by atoms with Crippen LogP contribution in [-0.4, -0.2) is 28.7 Å². The van der Waals surface area contributed by atoms with Gasteiger partial charge in [-0.1, -0.05) is 11.6 Å². The summed E-state index contributed by atoms with van der Waals surface area (Å²) < 4.78 is 5.72. The van der Waals surface area contributed by atoms with E-state index in [1.54, 1.807) is 0 Å². The van der Waals surface area contributed by atoms with Crippen molar-refractivity contribution in [3.8, 4) is 0 Å². The molecule has 3 rings (SSSR count). The second-order valence-electron chi connectivity index (χ2n) is 4.99. The number of aromatic nitrogens is 1. The molecule has 1 aliphatic carbocycles. The zero-order chi connectivity index (χ0) is 13.4. The summed E-state index contributed by atoms with van der Waals surface area (Å²) in [6, 6.07) is 1.51. The second-order valence-corrected chi connectivity index (χ2v) is 5.40. The average molecular weight is 284 g/mol. The predicted octanol–water partition coefficient (Wildman–Crippen LogP) is 2.62. The molecule has 0 amide bonds. The van der Waals surface area contributed by atoms with Gasteiger partial charge >= 0.3 is 0 Å². The Kier molecular flexibility index (Phi) is 3.28. The largest absolute Gasteiger partial charge is 0.376 e. The van der Waals surface area contributed by atoms with Gasteiger partial charge in [0, 0.05) is 12.7 Å². The number of ether oxygens (including phenoxy) is 1. The quantitative estimate of drug-likeness (QED) is 0.679. The van der Waals surface area contributed by atoms with Crippen molar-refractivity contribution in [2.24, 2.45) is 5.92 Å². The van der Waals surface area contributed by atoms with E-state index in [4.69, 9.17) is 16.3 Å². The monoisotopic (exact) mass is 283 g/mol. The summed E-state index contributed by atoms with van der Waals surface area (Å²) in [6.45, 7) is 0.740. The fourth-order valence-corrected chi connectivity index (χ4v) is 2.68. The van der Waals surface area contributed by atoms with Crippen molar-refractivity contribution in [3.05, 3.63) is 27.4 Å². The topological polar surface area (TPSA) is 77.3 Å². The van der Waals surface area contributed by atoms with E-state index >= 15 is 0 Å². The van der Waals surface area contributed by atoms with E-state index in [0.29, 0.717) is 11.7 Å². The highest BCUT2D eigenvalue weighted by molar-refractivity contribution is 6.33. The molecule has 19 heavy (non-hydrogen) atoms. The van der Waals surface area contributed by atoms with Crippen molar-refractivity contribution >= 4 is 23.1 Å². The average Bonchev–Trinajstić information content (AvgIpc) is 3.12. The van der Waals surface area contributed by atoms with Gasteiger partial charge in [0.15, 0.2) is 0 Å². The zero-order valence-electron chi connectivity index (χ0n) is 10.2. The number of hydrogen-bond acceptors (Lipinski definition) is 5. The maximum absolute atomic E-state index is 10.6. The van der Waals surface area contributed by atoms with Crippen LogP contribution >= 0.6 is 11.6 Å².